The average Bonchev–Trinajstić information content (AvgIpc) is 3.65. The molecule has 0 unspecified atom stereocenters. The summed E-state index contributed by atoms with van der Waals surface area (Å²) >= 11 is 1.84. The van der Waals surface area contributed by atoms with E-state index < -0.39 is 0 Å². The first kappa shape index (κ1) is 25.0. The fourth-order valence-corrected chi connectivity index (χ4v) is 7.59. The van der Waals surface area contributed by atoms with E-state index in [2.05, 4.69) is 144 Å². The van der Waals surface area contributed by atoms with Gasteiger partial charge in [-0.3, -0.25) is 4.57 Å². The summed E-state index contributed by atoms with van der Waals surface area (Å²) in [4.78, 5) is 10.6. The molecule has 0 aliphatic heterocycles. The number of thiophene rings is 1. The Hall–Kier alpha value is -5.58. The van der Waals surface area contributed by atoms with Crippen molar-refractivity contribution in [3.63, 3.8) is 0 Å². The van der Waals surface area contributed by atoms with Crippen LogP contribution in [0, 0.1) is 0 Å². The van der Waals surface area contributed by atoms with E-state index in [1.54, 1.807) is 0 Å². The summed E-state index contributed by atoms with van der Waals surface area (Å²) in [6, 6.07) is 53.5. The van der Waals surface area contributed by atoms with Gasteiger partial charge in [0, 0.05) is 42.1 Å². The largest absolute Gasteiger partial charge is 0.277 e. The monoisotopic (exact) mass is 579 g/mol. The van der Waals surface area contributed by atoms with E-state index in [-0.39, 0.29) is 0 Å². The van der Waals surface area contributed by atoms with Gasteiger partial charge in [0.1, 0.15) is 0 Å². The van der Waals surface area contributed by atoms with Crippen molar-refractivity contribution in [3.05, 3.63) is 152 Å². The maximum absolute atomic E-state index is 5.30. The fourth-order valence-electron chi connectivity index (χ4n) is 6.48. The quantitative estimate of drug-likeness (QED) is 0.208. The molecule has 0 aliphatic carbocycles. The van der Waals surface area contributed by atoms with E-state index in [1.165, 1.54) is 42.1 Å². The van der Waals surface area contributed by atoms with Crippen molar-refractivity contribution in [1.29, 1.82) is 0 Å². The minimum Gasteiger partial charge on any atom is -0.277 e. The number of aromatic nitrogens is 3. The SMILES string of the molecule is c1ccc(-c2cc(-c3ccccc3)nc(-n3c4cccc(-c5ccccc5)c4c4ccc5sc6ccccc6c5c43)n2)cc1. The van der Waals surface area contributed by atoms with Gasteiger partial charge in [-0.15, -0.1) is 11.3 Å². The summed E-state index contributed by atoms with van der Waals surface area (Å²) in [5, 5.41) is 4.91. The van der Waals surface area contributed by atoms with E-state index in [0.717, 1.165) is 33.5 Å². The van der Waals surface area contributed by atoms with Gasteiger partial charge in [-0.2, -0.15) is 0 Å². The molecular formula is C40H25N3S. The van der Waals surface area contributed by atoms with Gasteiger partial charge >= 0.3 is 0 Å². The number of benzene rings is 6. The van der Waals surface area contributed by atoms with Crippen molar-refractivity contribution < 1.29 is 0 Å². The minimum absolute atomic E-state index is 0.665. The number of rotatable bonds is 4. The zero-order chi connectivity index (χ0) is 29.0. The molecule has 4 heteroatoms. The second kappa shape index (κ2) is 10.0. The Morgan fingerprint density at radius 1 is 0.455 bits per heavy atom. The lowest BCUT2D eigenvalue weighted by Gasteiger charge is -2.12. The first-order chi connectivity index (χ1) is 21.8. The molecule has 0 fully saturated rings. The van der Waals surface area contributed by atoms with Crippen LogP contribution in [0.3, 0.4) is 0 Å². The number of hydrogen-bond acceptors (Lipinski definition) is 3. The van der Waals surface area contributed by atoms with Crippen molar-refractivity contribution in [2.75, 3.05) is 0 Å². The molecule has 0 saturated heterocycles. The lowest BCUT2D eigenvalue weighted by Crippen LogP contribution is -2.04. The van der Waals surface area contributed by atoms with Gasteiger partial charge in [0.2, 0.25) is 5.95 Å². The minimum atomic E-state index is 0.665. The van der Waals surface area contributed by atoms with Gasteiger partial charge in [0.15, 0.2) is 0 Å². The summed E-state index contributed by atoms with van der Waals surface area (Å²) in [7, 11) is 0. The highest BCUT2D eigenvalue weighted by atomic mass is 32.1. The first-order valence-corrected chi connectivity index (χ1v) is 15.6. The molecular weight excluding hydrogens is 555 g/mol. The summed E-state index contributed by atoms with van der Waals surface area (Å²) in [5.41, 5.74) is 8.54. The lowest BCUT2D eigenvalue weighted by atomic mass is 9.99. The molecule has 9 aromatic rings. The Balaban J connectivity index is 1.47. The number of hydrogen-bond donors (Lipinski definition) is 0. The molecule has 0 amide bonds. The van der Waals surface area contributed by atoms with Crippen LogP contribution in [0.25, 0.3) is 81.6 Å². The highest BCUT2D eigenvalue weighted by molar-refractivity contribution is 7.26. The molecule has 0 saturated carbocycles. The van der Waals surface area contributed by atoms with E-state index in [1.807, 2.05) is 23.5 Å². The first-order valence-electron chi connectivity index (χ1n) is 14.8. The van der Waals surface area contributed by atoms with Crippen molar-refractivity contribution in [1.82, 2.24) is 14.5 Å². The third-order valence-corrected chi connectivity index (χ3v) is 9.57. The molecule has 9 rings (SSSR count). The molecule has 3 heterocycles. The van der Waals surface area contributed by atoms with Crippen molar-refractivity contribution in [3.8, 4) is 39.6 Å². The second-order valence-corrected chi connectivity index (χ2v) is 12.1. The highest BCUT2D eigenvalue weighted by Gasteiger charge is 2.22. The van der Waals surface area contributed by atoms with Crippen LogP contribution in [0.1, 0.15) is 0 Å². The van der Waals surface area contributed by atoms with Gasteiger partial charge in [-0.1, -0.05) is 127 Å². The van der Waals surface area contributed by atoms with Crippen molar-refractivity contribution in [2.24, 2.45) is 0 Å². The van der Waals surface area contributed by atoms with E-state index in [0.29, 0.717) is 5.95 Å². The smallest absolute Gasteiger partial charge is 0.235 e. The average molecular weight is 580 g/mol. The molecule has 206 valence electrons. The van der Waals surface area contributed by atoms with Gasteiger partial charge in [-0.25, -0.2) is 9.97 Å². The molecule has 0 N–H and O–H groups in total. The fraction of sp³-hybridized carbons (Fsp3) is 0. The van der Waals surface area contributed by atoms with Crippen LogP contribution in [-0.4, -0.2) is 14.5 Å². The molecule has 3 aromatic heterocycles. The zero-order valence-electron chi connectivity index (χ0n) is 23.7. The number of nitrogens with zero attached hydrogens (tertiary/aromatic N) is 3. The van der Waals surface area contributed by atoms with Crippen molar-refractivity contribution >= 4 is 53.3 Å². The Bertz CT molecular complexity index is 2420. The molecule has 0 atom stereocenters. The van der Waals surface area contributed by atoms with Gasteiger partial charge < -0.3 is 0 Å². The maximum Gasteiger partial charge on any atom is 0.235 e. The van der Waals surface area contributed by atoms with Crippen LogP contribution in [0.5, 0.6) is 0 Å². The Kier molecular flexibility index (Phi) is 5.68. The standard InChI is InChI=1S/C40H25N3S/c1-4-13-26(14-5-1)29-20-12-21-34-37(29)31-23-24-36-38(30-19-10-11-22-35(30)44-36)39(31)43(34)40-41-32(27-15-6-2-7-16-27)25-33(42-40)28-17-8-3-9-18-28/h1-25H. The Morgan fingerprint density at radius 2 is 1.07 bits per heavy atom. The third kappa shape index (κ3) is 3.89. The summed E-state index contributed by atoms with van der Waals surface area (Å²) in [6.07, 6.45) is 0. The van der Waals surface area contributed by atoms with Crippen molar-refractivity contribution in [2.45, 2.75) is 0 Å². The van der Waals surface area contributed by atoms with Gasteiger partial charge in [0.25, 0.3) is 0 Å². The molecule has 0 spiro atoms. The van der Waals surface area contributed by atoms with Crippen LogP contribution >= 0.6 is 11.3 Å². The lowest BCUT2D eigenvalue weighted by molar-refractivity contribution is 0.998. The molecule has 0 aliphatic rings. The molecule has 3 nitrogen and oxygen atoms in total. The van der Waals surface area contributed by atoms with E-state index >= 15 is 0 Å². The summed E-state index contributed by atoms with van der Waals surface area (Å²) in [5.74, 6) is 0.665. The van der Waals surface area contributed by atoms with Crippen LogP contribution in [-0.2, 0) is 0 Å². The molecule has 44 heavy (non-hydrogen) atoms. The van der Waals surface area contributed by atoms with Crippen LogP contribution in [0.2, 0.25) is 0 Å². The normalized spacial score (nSPS) is 11.6. The second-order valence-electron chi connectivity index (χ2n) is 11.0. The maximum atomic E-state index is 5.30. The summed E-state index contributed by atoms with van der Waals surface area (Å²) in [6.45, 7) is 0. The molecule has 6 aromatic carbocycles. The Labute approximate surface area is 258 Å². The highest BCUT2D eigenvalue weighted by Crippen LogP contribution is 2.45. The van der Waals surface area contributed by atoms with E-state index in [9.17, 15) is 0 Å². The predicted octanol–water partition coefficient (Wildman–Crippen LogP) is 10.9. The topological polar surface area (TPSA) is 30.7 Å². The number of fused-ring (bicyclic) bond motifs is 7. The van der Waals surface area contributed by atoms with E-state index in [4.69, 9.17) is 9.97 Å². The third-order valence-electron chi connectivity index (χ3n) is 8.43. The summed E-state index contributed by atoms with van der Waals surface area (Å²) < 4.78 is 4.84. The van der Waals surface area contributed by atoms with Crippen LogP contribution < -0.4 is 0 Å². The molecule has 0 radical (unpaired) electrons. The molecule has 0 bridgehead atoms. The zero-order valence-corrected chi connectivity index (χ0v) is 24.5. The predicted molar refractivity (Wildman–Crippen MR) is 186 cm³/mol. The Morgan fingerprint density at radius 3 is 1.75 bits per heavy atom. The van der Waals surface area contributed by atoms with Crippen LogP contribution in [0.15, 0.2) is 152 Å². The van der Waals surface area contributed by atoms with Gasteiger partial charge in [0.05, 0.1) is 22.4 Å². The van der Waals surface area contributed by atoms with Crippen LogP contribution in [0.4, 0.5) is 0 Å². The van der Waals surface area contributed by atoms with Gasteiger partial charge in [-0.05, 0) is 35.4 Å².